The van der Waals surface area contributed by atoms with Crippen LogP contribution in [0.1, 0.15) is 12.8 Å². The van der Waals surface area contributed by atoms with Crippen LogP contribution in [-0.4, -0.2) is 36.7 Å². The maximum atomic E-state index is 11.6. The number of fused-ring (bicyclic) bond motifs is 1. The maximum absolute atomic E-state index is 11.6. The van der Waals surface area contributed by atoms with Crippen molar-refractivity contribution in [1.29, 1.82) is 0 Å². The van der Waals surface area contributed by atoms with E-state index in [2.05, 4.69) is 11.3 Å². The third-order valence-electron chi connectivity index (χ3n) is 4.15. The van der Waals surface area contributed by atoms with Crippen LogP contribution in [0.25, 0.3) is 0 Å². The number of ether oxygens (including phenoxy) is 3. The summed E-state index contributed by atoms with van der Waals surface area (Å²) in [5, 5.41) is 0. The van der Waals surface area contributed by atoms with Gasteiger partial charge in [0.25, 0.3) is 0 Å². The summed E-state index contributed by atoms with van der Waals surface area (Å²) in [7, 11) is 0. The van der Waals surface area contributed by atoms with Gasteiger partial charge in [0.15, 0.2) is 6.61 Å². The Bertz CT molecular complexity index is 462. The first-order valence-electron chi connectivity index (χ1n) is 6.20. The summed E-state index contributed by atoms with van der Waals surface area (Å²) in [4.78, 5) is 33.9. The fourth-order valence-electron chi connectivity index (χ4n) is 3.43. The molecule has 5 unspecified atom stereocenters. The number of rotatable bonds is 4. The largest absolute Gasteiger partial charge is 0.478 e. The maximum Gasteiger partial charge on any atom is 0.344 e. The van der Waals surface area contributed by atoms with E-state index in [1.54, 1.807) is 0 Å². The molecule has 0 aromatic rings. The molecule has 0 N–H and O–H groups in total. The second kappa shape index (κ2) is 5.94. The molecule has 20 heavy (non-hydrogen) atoms. The smallest absolute Gasteiger partial charge is 0.344 e. The van der Waals surface area contributed by atoms with Gasteiger partial charge in [-0.3, -0.25) is 16.2 Å². The van der Waals surface area contributed by atoms with Gasteiger partial charge in [0.05, 0.1) is 5.92 Å². The van der Waals surface area contributed by atoms with Gasteiger partial charge in [-0.25, -0.2) is 4.79 Å². The average Bonchev–Trinajstić information content (AvgIpc) is 3.00. The van der Waals surface area contributed by atoms with Gasteiger partial charge in [-0.2, -0.15) is 0 Å². The Balaban J connectivity index is 0.00000147. The third kappa shape index (κ3) is 2.55. The Kier molecular flexibility index (Phi) is 4.64. The molecule has 3 fully saturated rings. The molecule has 1 radical (unpaired) electrons. The van der Waals surface area contributed by atoms with Crippen molar-refractivity contribution >= 4 is 17.9 Å². The molecule has 0 amide bonds. The second-order valence-corrected chi connectivity index (χ2v) is 5.11. The summed E-state index contributed by atoms with van der Waals surface area (Å²) < 4.78 is 15.1. The minimum atomic E-state index is -0.794. The first kappa shape index (κ1) is 15.6. The van der Waals surface area contributed by atoms with Crippen molar-refractivity contribution < 1.29 is 61.3 Å². The predicted molar refractivity (Wildman–Crippen MR) is 59.3 cm³/mol. The second-order valence-electron chi connectivity index (χ2n) is 5.11. The molecule has 7 heteroatoms. The topological polar surface area (TPSA) is 78.9 Å². The molecule has 0 aromatic carbocycles. The molecule has 3 rings (SSSR count). The SMILES string of the molecule is C=[C-]C(=O)OCC(=O)OC1C2CC3C(=O)OC1C3C2.[Y]. The zero-order valence-electron chi connectivity index (χ0n) is 10.7. The molecule has 2 aliphatic carbocycles. The summed E-state index contributed by atoms with van der Waals surface area (Å²) in [6, 6.07) is 0. The quantitative estimate of drug-likeness (QED) is 0.306. The van der Waals surface area contributed by atoms with E-state index in [1.807, 2.05) is 6.08 Å². The van der Waals surface area contributed by atoms with Gasteiger partial charge in [-0.05, 0) is 12.8 Å². The fourth-order valence-corrected chi connectivity index (χ4v) is 3.43. The van der Waals surface area contributed by atoms with Crippen LogP contribution in [0, 0.1) is 23.8 Å². The van der Waals surface area contributed by atoms with Gasteiger partial charge in [0.1, 0.15) is 18.2 Å². The van der Waals surface area contributed by atoms with Crippen LogP contribution in [0.4, 0.5) is 0 Å². The van der Waals surface area contributed by atoms with E-state index < -0.39 is 24.6 Å². The van der Waals surface area contributed by atoms with Crippen molar-refractivity contribution in [1.82, 2.24) is 0 Å². The first-order valence-corrected chi connectivity index (χ1v) is 6.20. The molecular formula is C13H13O6Y-. The molecule has 1 saturated heterocycles. The van der Waals surface area contributed by atoms with Crippen LogP contribution in [0.2, 0.25) is 0 Å². The van der Waals surface area contributed by atoms with Crippen LogP contribution in [0.5, 0.6) is 0 Å². The average molecular weight is 354 g/mol. The van der Waals surface area contributed by atoms with Crippen molar-refractivity contribution in [2.45, 2.75) is 25.0 Å². The number of hydrogen-bond donors (Lipinski definition) is 0. The van der Waals surface area contributed by atoms with Crippen molar-refractivity contribution in [2.24, 2.45) is 17.8 Å². The standard InChI is InChI=1S/C13H13O6.Y/c1-2-9(14)17-5-10(15)18-11-6-3-7-8(4-6)13(16)19-12(7)11;/h6-8,11-12H,1,3-5H2;/q-1;. The normalized spacial score (nSPS) is 36.0. The van der Waals surface area contributed by atoms with Crippen LogP contribution in [0.15, 0.2) is 6.58 Å². The molecule has 2 bridgehead atoms. The van der Waals surface area contributed by atoms with E-state index in [-0.39, 0.29) is 62.5 Å². The van der Waals surface area contributed by atoms with Crippen molar-refractivity contribution in [3.63, 3.8) is 0 Å². The summed E-state index contributed by atoms with van der Waals surface area (Å²) >= 11 is 0. The van der Waals surface area contributed by atoms with Crippen LogP contribution >= 0.6 is 0 Å². The van der Waals surface area contributed by atoms with Gasteiger partial charge in [-0.15, -0.1) is 0 Å². The Hall–Kier alpha value is -0.746. The van der Waals surface area contributed by atoms with Gasteiger partial charge in [0, 0.05) is 44.5 Å². The minimum Gasteiger partial charge on any atom is -0.478 e. The van der Waals surface area contributed by atoms with E-state index in [0.717, 1.165) is 12.8 Å². The van der Waals surface area contributed by atoms with E-state index >= 15 is 0 Å². The monoisotopic (exact) mass is 354 g/mol. The molecule has 6 nitrogen and oxygen atoms in total. The van der Waals surface area contributed by atoms with Gasteiger partial charge in [-0.1, -0.05) is 0 Å². The minimum absolute atomic E-state index is 0. The Morgan fingerprint density at radius 3 is 2.85 bits per heavy atom. The van der Waals surface area contributed by atoms with E-state index in [1.165, 1.54) is 0 Å². The van der Waals surface area contributed by atoms with Crippen LogP contribution in [-0.2, 0) is 61.3 Å². The van der Waals surface area contributed by atoms with E-state index in [0.29, 0.717) is 0 Å². The Morgan fingerprint density at radius 1 is 1.40 bits per heavy atom. The molecule has 1 aliphatic heterocycles. The molecule has 105 valence electrons. The molecular weight excluding hydrogens is 341 g/mol. The Morgan fingerprint density at radius 2 is 2.15 bits per heavy atom. The number of esters is 3. The zero-order valence-corrected chi connectivity index (χ0v) is 13.6. The van der Waals surface area contributed by atoms with Gasteiger partial charge in [0.2, 0.25) is 0 Å². The van der Waals surface area contributed by atoms with Crippen LogP contribution in [0.3, 0.4) is 0 Å². The molecule has 5 atom stereocenters. The molecule has 1 heterocycles. The van der Waals surface area contributed by atoms with Crippen molar-refractivity contribution in [3.05, 3.63) is 12.7 Å². The van der Waals surface area contributed by atoms with Gasteiger partial charge >= 0.3 is 11.9 Å². The first-order chi connectivity index (χ1) is 9.10. The number of carbonyl (C=O) groups is 3. The third-order valence-corrected chi connectivity index (χ3v) is 4.15. The number of carbonyl (C=O) groups excluding carboxylic acids is 3. The number of hydrogen-bond acceptors (Lipinski definition) is 6. The van der Waals surface area contributed by atoms with Crippen LogP contribution < -0.4 is 0 Å². The molecule has 2 saturated carbocycles. The predicted octanol–water partition coefficient (Wildman–Crippen LogP) is 0.00949. The molecule has 0 spiro atoms. The van der Waals surface area contributed by atoms with E-state index in [9.17, 15) is 14.4 Å². The molecule has 3 aliphatic rings. The summed E-state index contributed by atoms with van der Waals surface area (Å²) in [5.74, 6) is -1.27. The van der Waals surface area contributed by atoms with E-state index in [4.69, 9.17) is 9.47 Å². The summed E-state index contributed by atoms with van der Waals surface area (Å²) in [5.41, 5.74) is 0. The van der Waals surface area contributed by atoms with Crippen molar-refractivity contribution in [2.75, 3.05) is 6.61 Å². The van der Waals surface area contributed by atoms with Gasteiger partial charge < -0.3 is 20.3 Å². The summed E-state index contributed by atoms with van der Waals surface area (Å²) in [6.07, 6.45) is 2.85. The van der Waals surface area contributed by atoms with Crippen molar-refractivity contribution in [3.8, 4) is 0 Å². The zero-order chi connectivity index (χ0) is 13.6. The molecule has 0 aromatic heterocycles. The Labute approximate surface area is 141 Å². The summed E-state index contributed by atoms with van der Waals surface area (Å²) in [6.45, 7) is 2.63. The fraction of sp³-hybridized carbons (Fsp3) is 0.615.